The van der Waals surface area contributed by atoms with Crippen molar-refractivity contribution in [1.29, 1.82) is 0 Å². The third-order valence-electron chi connectivity index (χ3n) is 2.56. The summed E-state index contributed by atoms with van der Waals surface area (Å²) in [7, 11) is 0. The quantitative estimate of drug-likeness (QED) is 0.897. The molecule has 1 unspecified atom stereocenters. The van der Waals surface area contributed by atoms with Crippen LogP contribution < -0.4 is 5.32 Å². The van der Waals surface area contributed by atoms with Gasteiger partial charge in [-0.2, -0.15) is 0 Å². The van der Waals surface area contributed by atoms with Gasteiger partial charge >= 0.3 is 0 Å². The Morgan fingerprint density at radius 1 is 1.53 bits per heavy atom. The number of ether oxygens (including phenoxy) is 2. The van der Waals surface area contributed by atoms with Crippen LogP contribution in [0.25, 0.3) is 0 Å². The Morgan fingerprint density at radius 3 is 3.12 bits per heavy atom. The summed E-state index contributed by atoms with van der Waals surface area (Å²) in [6.07, 6.45) is 0.0969. The molecule has 0 amide bonds. The topological polar surface area (TPSA) is 30.5 Å². The lowest BCUT2D eigenvalue weighted by Crippen LogP contribution is -2.40. The van der Waals surface area contributed by atoms with Crippen molar-refractivity contribution in [2.24, 2.45) is 0 Å². The minimum atomic E-state index is -0.407. The molecule has 2 rings (SSSR count). The van der Waals surface area contributed by atoms with Crippen LogP contribution in [0.3, 0.4) is 0 Å². The Bertz CT molecular complexity index is 370. The fourth-order valence-corrected chi connectivity index (χ4v) is 1.87. The van der Waals surface area contributed by atoms with Crippen molar-refractivity contribution in [1.82, 2.24) is 5.32 Å². The first-order chi connectivity index (χ1) is 8.25. The summed E-state index contributed by atoms with van der Waals surface area (Å²) in [4.78, 5) is 0. The molecule has 1 aromatic rings. The van der Waals surface area contributed by atoms with Crippen LogP contribution in [0.15, 0.2) is 18.2 Å². The van der Waals surface area contributed by atoms with E-state index in [1.807, 2.05) is 0 Å². The Kier molecular flexibility index (Phi) is 4.74. The largest absolute Gasteiger partial charge is 0.374 e. The van der Waals surface area contributed by atoms with E-state index in [4.69, 9.17) is 21.1 Å². The van der Waals surface area contributed by atoms with Crippen LogP contribution in [0.1, 0.15) is 5.56 Å². The third kappa shape index (κ3) is 3.92. The van der Waals surface area contributed by atoms with Crippen LogP contribution in [0, 0.1) is 5.82 Å². The fraction of sp³-hybridized carbons (Fsp3) is 0.500. The average molecular weight is 260 g/mol. The summed E-state index contributed by atoms with van der Waals surface area (Å²) < 4.78 is 23.9. The zero-order chi connectivity index (χ0) is 12.1. The minimum absolute atomic E-state index is 0.0969. The molecule has 0 saturated carbocycles. The van der Waals surface area contributed by atoms with Gasteiger partial charge in [0.1, 0.15) is 5.82 Å². The van der Waals surface area contributed by atoms with E-state index in [9.17, 15) is 4.39 Å². The minimum Gasteiger partial charge on any atom is -0.374 e. The van der Waals surface area contributed by atoms with E-state index in [0.29, 0.717) is 13.2 Å². The summed E-state index contributed by atoms with van der Waals surface area (Å²) in [5, 5.41) is 3.35. The maximum Gasteiger partial charge on any atom is 0.141 e. The highest BCUT2D eigenvalue weighted by Gasteiger charge is 2.13. The van der Waals surface area contributed by atoms with Crippen LogP contribution in [0.2, 0.25) is 5.02 Å². The Morgan fingerprint density at radius 2 is 2.41 bits per heavy atom. The molecule has 1 fully saturated rings. The molecule has 5 heteroatoms. The van der Waals surface area contributed by atoms with Gasteiger partial charge in [0.2, 0.25) is 0 Å². The van der Waals surface area contributed by atoms with E-state index in [2.05, 4.69) is 5.32 Å². The van der Waals surface area contributed by atoms with Gasteiger partial charge in [-0.15, -0.1) is 0 Å². The number of nitrogens with one attached hydrogen (secondary N) is 1. The van der Waals surface area contributed by atoms with Crippen LogP contribution >= 0.6 is 11.6 Å². The summed E-state index contributed by atoms with van der Waals surface area (Å²) in [6.45, 7) is 3.37. The van der Waals surface area contributed by atoms with E-state index < -0.39 is 5.82 Å². The van der Waals surface area contributed by atoms with Crippen molar-refractivity contribution in [3.63, 3.8) is 0 Å². The molecule has 1 atom stereocenters. The maximum atomic E-state index is 12.9. The molecule has 0 radical (unpaired) electrons. The van der Waals surface area contributed by atoms with Gasteiger partial charge in [0, 0.05) is 13.1 Å². The second kappa shape index (κ2) is 6.31. The lowest BCUT2D eigenvalue weighted by Gasteiger charge is -2.23. The highest BCUT2D eigenvalue weighted by atomic mass is 35.5. The van der Waals surface area contributed by atoms with E-state index in [-0.39, 0.29) is 11.1 Å². The van der Waals surface area contributed by atoms with Gasteiger partial charge < -0.3 is 14.8 Å². The monoisotopic (exact) mass is 259 g/mol. The number of hydrogen-bond donors (Lipinski definition) is 1. The van der Waals surface area contributed by atoms with Crippen LogP contribution in [-0.2, 0) is 16.1 Å². The standard InChI is InChI=1S/C12H15ClFNO2/c13-11-5-9(1-2-12(11)14)7-16-8-10-6-15-3-4-17-10/h1-2,5,10,15H,3-4,6-8H2. The molecule has 1 heterocycles. The molecule has 1 aliphatic rings. The van der Waals surface area contributed by atoms with E-state index in [1.54, 1.807) is 12.1 Å². The van der Waals surface area contributed by atoms with Crippen LogP contribution in [0.4, 0.5) is 4.39 Å². The van der Waals surface area contributed by atoms with Gasteiger partial charge in [0.15, 0.2) is 0 Å². The molecule has 94 valence electrons. The van der Waals surface area contributed by atoms with Crippen molar-refractivity contribution < 1.29 is 13.9 Å². The van der Waals surface area contributed by atoms with Gasteiger partial charge in [0.25, 0.3) is 0 Å². The van der Waals surface area contributed by atoms with Crippen LogP contribution in [0.5, 0.6) is 0 Å². The second-order valence-corrected chi connectivity index (χ2v) is 4.37. The van der Waals surface area contributed by atoms with Crippen molar-refractivity contribution >= 4 is 11.6 Å². The van der Waals surface area contributed by atoms with Gasteiger partial charge in [-0.25, -0.2) is 4.39 Å². The number of morpholine rings is 1. The average Bonchev–Trinajstić information content (AvgIpc) is 2.35. The molecular weight excluding hydrogens is 245 g/mol. The molecule has 1 N–H and O–H groups in total. The molecule has 17 heavy (non-hydrogen) atoms. The molecule has 1 saturated heterocycles. The first kappa shape index (κ1) is 12.8. The predicted molar refractivity (Wildman–Crippen MR) is 63.7 cm³/mol. The highest BCUT2D eigenvalue weighted by molar-refractivity contribution is 6.30. The SMILES string of the molecule is Fc1ccc(COCC2CNCCO2)cc1Cl. The second-order valence-electron chi connectivity index (χ2n) is 3.96. The zero-order valence-corrected chi connectivity index (χ0v) is 10.2. The molecule has 0 aromatic heterocycles. The number of benzene rings is 1. The normalized spacial score (nSPS) is 20.5. The van der Waals surface area contributed by atoms with Gasteiger partial charge in [-0.1, -0.05) is 17.7 Å². The van der Waals surface area contributed by atoms with Gasteiger partial charge in [-0.05, 0) is 17.7 Å². The summed E-state index contributed by atoms with van der Waals surface area (Å²) in [6, 6.07) is 4.59. The summed E-state index contributed by atoms with van der Waals surface area (Å²) in [5.41, 5.74) is 0.861. The molecule has 3 nitrogen and oxygen atoms in total. The molecular formula is C12H15ClFNO2. The van der Waals surface area contributed by atoms with Crippen molar-refractivity contribution in [2.75, 3.05) is 26.3 Å². The first-order valence-corrected chi connectivity index (χ1v) is 5.97. The van der Waals surface area contributed by atoms with Crippen molar-refractivity contribution in [3.05, 3.63) is 34.6 Å². The van der Waals surface area contributed by atoms with Crippen LogP contribution in [-0.4, -0.2) is 32.4 Å². The molecule has 1 aliphatic heterocycles. The maximum absolute atomic E-state index is 12.9. The first-order valence-electron chi connectivity index (χ1n) is 5.59. The van der Waals surface area contributed by atoms with E-state index in [0.717, 1.165) is 25.3 Å². The Balaban J connectivity index is 1.75. The smallest absolute Gasteiger partial charge is 0.141 e. The molecule has 1 aromatic carbocycles. The number of halogens is 2. The summed E-state index contributed by atoms with van der Waals surface area (Å²) in [5.74, 6) is -0.407. The molecule has 0 spiro atoms. The third-order valence-corrected chi connectivity index (χ3v) is 2.85. The summed E-state index contributed by atoms with van der Waals surface area (Å²) >= 11 is 5.68. The Labute approximate surface area is 105 Å². The van der Waals surface area contributed by atoms with E-state index in [1.165, 1.54) is 6.07 Å². The lowest BCUT2D eigenvalue weighted by molar-refractivity contribution is -0.0357. The molecule has 0 aliphatic carbocycles. The van der Waals surface area contributed by atoms with Gasteiger partial charge in [-0.3, -0.25) is 0 Å². The van der Waals surface area contributed by atoms with Crippen molar-refractivity contribution in [3.8, 4) is 0 Å². The Hall–Kier alpha value is -0.680. The predicted octanol–water partition coefficient (Wildman–Crippen LogP) is 1.98. The number of hydrogen-bond acceptors (Lipinski definition) is 3. The highest BCUT2D eigenvalue weighted by Crippen LogP contribution is 2.16. The number of rotatable bonds is 4. The zero-order valence-electron chi connectivity index (χ0n) is 9.42. The molecule has 0 bridgehead atoms. The van der Waals surface area contributed by atoms with E-state index >= 15 is 0 Å². The van der Waals surface area contributed by atoms with Crippen molar-refractivity contribution in [2.45, 2.75) is 12.7 Å². The van der Waals surface area contributed by atoms with Gasteiger partial charge in [0.05, 0.1) is 30.9 Å². The lowest BCUT2D eigenvalue weighted by atomic mass is 10.2. The fourth-order valence-electron chi connectivity index (χ4n) is 1.66.